The van der Waals surface area contributed by atoms with Crippen LogP contribution in [0.4, 0.5) is 0 Å². The Bertz CT molecular complexity index is 521. The molecule has 0 radical (unpaired) electrons. The molecule has 1 aromatic carbocycles. The van der Waals surface area contributed by atoms with Crippen LogP contribution in [0.5, 0.6) is 0 Å². The summed E-state index contributed by atoms with van der Waals surface area (Å²) in [5.74, 6) is -0.138. The van der Waals surface area contributed by atoms with Crippen LogP contribution in [0.3, 0.4) is 0 Å². The number of benzene rings is 1. The monoisotopic (exact) mass is 261 g/mol. The summed E-state index contributed by atoms with van der Waals surface area (Å²) in [5.41, 5.74) is 2.14. The topological polar surface area (TPSA) is 37.4 Å². The van der Waals surface area contributed by atoms with Crippen molar-refractivity contribution in [2.24, 2.45) is 0 Å². The second-order valence-corrected chi connectivity index (χ2v) is 5.43. The third-order valence-electron chi connectivity index (χ3n) is 3.97. The molecule has 1 aromatic rings. The number of hydrogen-bond donors (Lipinski definition) is 1. The first-order chi connectivity index (χ1) is 8.70. The summed E-state index contributed by atoms with van der Waals surface area (Å²) in [6.07, 6.45) is 5.92. The van der Waals surface area contributed by atoms with Crippen molar-refractivity contribution in [1.29, 1.82) is 0 Å². The fourth-order valence-corrected chi connectivity index (χ4v) is 3.26. The molecule has 0 bridgehead atoms. The van der Waals surface area contributed by atoms with Gasteiger partial charge in [-0.05, 0) is 30.4 Å². The average molecular weight is 261 g/mol. The molecule has 3 rings (SSSR count). The Morgan fingerprint density at radius 3 is 2.50 bits per heavy atom. The molecular weight excluding hydrogens is 246 g/mol. The molecule has 0 aromatic heterocycles. The van der Waals surface area contributed by atoms with Crippen molar-refractivity contribution < 1.29 is 9.59 Å². The Morgan fingerprint density at radius 2 is 1.78 bits per heavy atom. The summed E-state index contributed by atoms with van der Waals surface area (Å²) in [5, 5.41) is 0. The van der Waals surface area contributed by atoms with E-state index in [4.69, 9.17) is 0 Å². The molecule has 0 spiro atoms. The highest BCUT2D eigenvalue weighted by Gasteiger charge is 2.37. The fraction of sp³-hybridized carbons (Fsp3) is 0.429. The highest BCUT2D eigenvalue weighted by molar-refractivity contribution is 7.79. The van der Waals surface area contributed by atoms with E-state index in [-0.39, 0.29) is 11.8 Å². The number of amides is 2. The van der Waals surface area contributed by atoms with E-state index in [0.717, 1.165) is 22.7 Å². The van der Waals surface area contributed by atoms with Crippen molar-refractivity contribution in [2.75, 3.05) is 0 Å². The number of rotatable bonds is 1. The van der Waals surface area contributed by atoms with Gasteiger partial charge in [-0.1, -0.05) is 44.2 Å². The van der Waals surface area contributed by atoms with E-state index in [1.807, 2.05) is 12.1 Å². The minimum absolute atomic E-state index is 0.264. The highest BCUT2D eigenvalue weighted by Crippen LogP contribution is 2.38. The molecule has 1 heterocycles. The molecule has 18 heavy (non-hydrogen) atoms. The maximum atomic E-state index is 12.1. The van der Waals surface area contributed by atoms with E-state index in [1.165, 1.54) is 19.3 Å². The van der Waals surface area contributed by atoms with Gasteiger partial charge in [-0.15, -0.1) is 0 Å². The van der Waals surface area contributed by atoms with E-state index < -0.39 is 0 Å². The minimum Gasteiger partial charge on any atom is -0.268 e. The second kappa shape index (κ2) is 4.43. The molecule has 4 heteroatoms. The minimum atomic E-state index is -0.295. The van der Waals surface area contributed by atoms with Gasteiger partial charge in [0.15, 0.2) is 0 Å². The van der Waals surface area contributed by atoms with Crippen molar-refractivity contribution in [3.8, 4) is 0 Å². The van der Waals surface area contributed by atoms with Gasteiger partial charge in [-0.2, -0.15) is 0 Å². The van der Waals surface area contributed by atoms with E-state index >= 15 is 0 Å². The zero-order valence-electron chi connectivity index (χ0n) is 10.1. The van der Waals surface area contributed by atoms with Gasteiger partial charge in [0, 0.05) is 0 Å². The molecule has 1 saturated carbocycles. The number of imide groups is 1. The first-order valence-electron chi connectivity index (χ1n) is 6.40. The van der Waals surface area contributed by atoms with Crippen LogP contribution in [0.2, 0.25) is 0 Å². The molecule has 2 amide bonds. The van der Waals surface area contributed by atoms with Crippen molar-refractivity contribution in [3.05, 3.63) is 34.9 Å². The molecule has 94 valence electrons. The zero-order valence-corrected chi connectivity index (χ0v) is 11.0. The maximum absolute atomic E-state index is 12.1. The summed E-state index contributed by atoms with van der Waals surface area (Å²) in [7, 11) is 0. The Labute approximate surface area is 112 Å². The molecule has 3 nitrogen and oxygen atoms in total. The van der Waals surface area contributed by atoms with Crippen molar-refractivity contribution in [2.45, 2.75) is 38.0 Å². The number of nitrogens with zero attached hydrogens (tertiary/aromatic N) is 1. The summed E-state index contributed by atoms with van der Waals surface area (Å²) in [6, 6.07) is 5.59. The Kier molecular flexibility index (Phi) is 2.90. The van der Waals surface area contributed by atoms with Gasteiger partial charge >= 0.3 is 0 Å². The van der Waals surface area contributed by atoms with Gasteiger partial charge in [0.25, 0.3) is 11.8 Å². The van der Waals surface area contributed by atoms with Crippen LogP contribution >= 0.6 is 12.8 Å². The zero-order chi connectivity index (χ0) is 12.7. The van der Waals surface area contributed by atoms with Gasteiger partial charge < -0.3 is 0 Å². The van der Waals surface area contributed by atoms with Crippen LogP contribution in [0.1, 0.15) is 64.3 Å². The summed E-state index contributed by atoms with van der Waals surface area (Å²) in [4.78, 5) is 24.0. The summed E-state index contributed by atoms with van der Waals surface area (Å²) < 4.78 is 0.928. The lowest BCUT2D eigenvalue weighted by Crippen LogP contribution is -2.19. The number of fused-ring (bicyclic) bond motifs is 1. The number of hydrogen-bond acceptors (Lipinski definition) is 3. The third-order valence-corrected chi connectivity index (χ3v) is 4.33. The predicted octanol–water partition coefficient (Wildman–Crippen LogP) is 3.18. The second-order valence-electron chi connectivity index (χ2n) is 5.03. The number of thiol groups is 1. The van der Waals surface area contributed by atoms with E-state index in [0.29, 0.717) is 17.0 Å². The van der Waals surface area contributed by atoms with Gasteiger partial charge in [0.05, 0.1) is 11.1 Å². The molecule has 2 aliphatic rings. The lowest BCUT2D eigenvalue weighted by molar-refractivity contribution is 0.0779. The normalized spacial score (nSPS) is 20.4. The molecule has 0 atom stereocenters. The number of carbonyl (C=O) groups is 2. The lowest BCUT2D eigenvalue weighted by Gasteiger charge is -2.23. The van der Waals surface area contributed by atoms with Crippen molar-refractivity contribution in [1.82, 2.24) is 4.31 Å². The molecule has 0 N–H and O–H groups in total. The highest BCUT2D eigenvalue weighted by atomic mass is 32.1. The third kappa shape index (κ3) is 1.67. The summed E-state index contributed by atoms with van der Waals surface area (Å²) >= 11 is 3.97. The number of carbonyl (C=O) groups excluding carboxylic acids is 2. The first kappa shape index (κ1) is 11.8. The SMILES string of the molecule is O=C1c2cccc(C3CCCCC3)c2C(=O)N1S. The molecule has 1 aliphatic carbocycles. The van der Waals surface area contributed by atoms with Gasteiger partial charge in [0.2, 0.25) is 0 Å². The standard InChI is InChI=1S/C14H15NO2S/c16-13-11-8-4-7-10(9-5-2-1-3-6-9)12(11)14(17)15(13)18/h4,7-9,18H,1-3,5-6H2. The first-order valence-corrected chi connectivity index (χ1v) is 6.80. The predicted molar refractivity (Wildman–Crippen MR) is 71.8 cm³/mol. The van der Waals surface area contributed by atoms with Gasteiger partial charge in [-0.25, -0.2) is 4.31 Å². The van der Waals surface area contributed by atoms with Crippen LogP contribution in [-0.4, -0.2) is 16.1 Å². The maximum Gasteiger partial charge on any atom is 0.271 e. The largest absolute Gasteiger partial charge is 0.271 e. The van der Waals surface area contributed by atoms with Crippen LogP contribution in [0.15, 0.2) is 18.2 Å². The van der Waals surface area contributed by atoms with E-state index in [1.54, 1.807) is 6.07 Å². The molecule has 0 unspecified atom stereocenters. The molecule has 1 fully saturated rings. The van der Waals surface area contributed by atoms with E-state index in [2.05, 4.69) is 12.8 Å². The van der Waals surface area contributed by atoms with Crippen molar-refractivity contribution >= 4 is 24.6 Å². The Morgan fingerprint density at radius 1 is 1.06 bits per heavy atom. The molecule has 0 saturated heterocycles. The average Bonchev–Trinajstić information content (AvgIpc) is 2.65. The van der Waals surface area contributed by atoms with Crippen LogP contribution in [-0.2, 0) is 0 Å². The van der Waals surface area contributed by atoms with Gasteiger partial charge in [0.1, 0.15) is 0 Å². The van der Waals surface area contributed by atoms with Crippen LogP contribution in [0.25, 0.3) is 0 Å². The van der Waals surface area contributed by atoms with Gasteiger partial charge in [-0.3, -0.25) is 9.59 Å². The molecule has 1 aliphatic heterocycles. The van der Waals surface area contributed by atoms with Crippen molar-refractivity contribution in [3.63, 3.8) is 0 Å². The Balaban J connectivity index is 2.08. The van der Waals surface area contributed by atoms with Crippen LogP contribution < -0.4 is 0 Å². The lowest BCUT2D eigenvalue weighted by atomic mass is 9.81. The molecular formula is C14H15NO2S. The quantitative estimate of drug-likeness (QED) is 0.623. The summed E-state index contributed by atoms with van der Waals surface area (Å²) in [6.45, 7) is 0. The Hall–Kier alpha value is -1.29. The van der Waals surface area contributed by atoms with E-state index in [9.17, 15) is 9.59 Å². The van der Waals surface area contributed by atoms with Crippen LogP contribution in [0, 0.1) is 0 Å². The fourth-order valence-electron chi connectivity index (χ4n) is 3.05. The smallest absolute Gasteiger partial charge is 0.268 e.